The number of rotatable bonds is 7. The first-order valence-electron chi connectivity index (χ1n) is 9.77. The van der Waals surface area contributed by atoms with Gasteiger partial charge >= 0.3 is 0 Å². The normalized spacial score (nSPS) is 11.1. The Balaban J connectivity index is 1.83. The number of sulfonamides is 1. The lowest BCUT2D eigenvalue weighted by Gasteiger charge is -2.21. The van der Waals surface area contributed by atoms with Gasteiger partial charge in [0, 0.05) is 26.2 Å². The van der Waals surface area contributed by atoms with Gasteiger partial charge < -0.3 is 9.64 Å². The summed E-state index contributed by atoms with van der Waals surface area (Å²) < 4.78 is 32.6. The molecule has 0 aromatic heterocycles. The molecule has 0 spiro atoms. The number of methoxy groups -OCH3 is 1. The van der Waals surface area contributed by atoms with Crippen molar-refractivity contribution in [3.05, 3.63) is 89.5 Å². The Morgan fingerprint density at radius 2 is 1.61 bits per heavy atom. The monoisotopic (exact) mass is 438 g/mol. The van der Waals surface area contributed by atoms with Gasteiger partial charge in [-0.2, -0.15) is 0 Å². The van der Waals surface area contributed by atoms with E-state index in [-0.39, 0.29) is 10.8 Å². The second-order valence-electron chi connectivity index (χ2n) is 7.29. The van der Waals surface area contributed by atoms with E-state index in [2.05, 4.69) is 0 Å². The lowest BCUT2D eigenvalue weighted by Crippen LogP contribution is -2.28. The van der Waals surface area contributed by atoms with Crippen LogP contribution < -0.4 is 9.04 Å². The Kier molecular flexibility index (Phi) is 6.65. The minimum Gasteiger partial charge on any atom is -0.497 e. The predicted molar refractivity (Wildman–Crippen MR) is 122 cm³/mol. The van der Waals surface area contributed by atoms with Crippen LogP contribution in [0.5, 0.6) is 5.75 Å². The number of hydrogen-bond donors (Lipinski definition) is 0. The first-order valence-corrected chi connectivity index (χ1v) is 11.2. The number of hydrogen-bond acceptors (Lipinski definition) is 4. The van der Waals surface area contributed by atoms with Crippen molar-refractivity contribution in [1.82, 2.24) is 4.90 Å². The lowest BCUT2D eigenvalue weighted by molar-refractivity contribution is 0.0784. The first kappa shape index (κ1) is 22.4. The van der Waals surface area contributed by atoms with E-state index in [4.69, 9.17) is 4.74 Å². The fourth-order valence-electron chi connectivity index (χ4n) is 3.21. The number of aryl methyl sites for hydroxylation is 1. The molecule has 0 saturated carbocycles. The van der Waals surface area contributed by atoms with Crippen LogP contribution in [-0.4, -0.2) is 40.4 Å². The molecular weight excluding hydrogens is 412 g/mol. The van der Waals surface area contributed by atoms with E-state index in [1.54, 1.807) is 55.5 Å². The van der Waals surface area contributed by atoms with Crippen molar-refractivity contribution in [3.63, 3.8) is 0 Å². The summed E-state index contributed by atoms with van der Waals surface area (Å²) in [4.78, 5) is 14.6. The SMILES string of the molecule is COc1ccc(N(C)S(=O)(=O)c2cccc(C(=O)N(C)Cc3ccccc3C)c2)cc1. The molecule has 0 aliphatic carbocycles. The fraction of sp³-hybridized carbons (Fsp3) is 0.208. The minimum atomic E-state index is -3.84. The van der Waals surface area contributed by atoms with Crippen LogP contribution in [0.2, 0.25) is 0 Å². The van der Waals surface area contributed by atoms with Crippen LogP contribution in [0.15, 0.2) is 77.7 Å². The third-order valence-corrected chi connectivity index (χ3v) is 6.97. The van der Waals surface area contributed by atoms with Crippen LogP contribution in [0.4, 0.5) is 5.69 Å². The molecule has 1 amide bonds. The summed E-state index contributed by atoms with van der Waals surface area (Å²) in [7, 11) is 0.902. The molecule has 162 valence electrons. The molecule has 0 fully saturated rings. The zero-order valence-corrected chi connectivity index (χ0v) is 18.9. The Morgan fingerprint density at radius 3 is 2.26 bits per heavy atom. The fourth-order valence-corrected chi connectivity index (χ4v) is 4.46. The van der Waals surface area contributed by atoms with Crippen molar-refractivity contribution in [2.45, 2.75) is 18.4 Å². The maximum Gasteiger partial charge on any atom is 0.264 e. The van der Waals surface area contributed by atoms with Crippen LogP contribution in [0, 0.1) is 6.92 Å². The predicted octanol–water partition coefficient (Wildman–Crippen LogP) is 4.10. The van der Waals surface area contributed by atoms with Crippen molar-refractivity contribution < 1.29 is 17.9 Å². The highest BCUT2D eigenvalue weighted by molar-refractivity contribution is 7.92. The average molecular weight is 439 g/mol. The number of carbonyl (C=O) groups excluding carboxylic acids is 1. The summed E-state index contributed by atoms with van der Waals surface area (Å²) in [6.07, 6.45) is 0. The number of ether oxygens (including phenoxy) is 1. The van der Waals surface area contributed by atoms with E-state index in [1.165, 1.54) is 23.5 Å². The topological polar surface area (TPSA) is 66.9 Å². The molecule has 3 rings (SSSR count). The minimum absolute atomic E-state index is 0.0564. The summed E-state index contributed by atoms with van der Waals surface area (Å²) in [5.74, 6) is 0.395. The number of amides is 1. The quantitative estimate of drug-likeness (QED) is 0.557. The van der Waals surface area contributed by atoms with Crippen molar-refractivity contribution in [2.75, 3.05) is 25.5 Å². The molecule has 3 aromatic rings. The van der Waals surface area contributed by atoms with Crippen LogP contribution in [0.3, 0.4) is 0 Å². The number of benzene rings is 3. The molecule has 0 unspecified atom stereocenters. The molecule has 0 radical (unpaired) electrons. The van der Waals surface area contributed by atoms with Gasteiger partial charge in [-0.05, 0) is 60.5 Å². The summed E-state index contributed by atoms with van der Waals surface area (Å²) in [5.41, 5.74) is 2.95. The smallest absolute Gasteiger partial charge is 0.264 e. The van der Waals surface area contributed by atoms with E-state index in [1.807, 2.05) is 31.2 Å². The number of carbonyl (C=O) groups is 1. The Bertz CT molecular complexity index is 1170. The van der Waals surface area contributed by atoms with Crippen molar-refractivity contribution in [2.24, 2.45) is 0 Å². The van der Waals surface area contributed by atoms with Gasteiger partial charge in [-0.15, -0.1) is 0 Å². The zero-order valence-electron chi connectivity index (χ0n) is 18.1. The van der Waals surface area contributed by atoms with Crippen LogP contribution in [-0.2, 0) is 16.6 Å². The van der Waals surface area contributed by atoms with Gasteiger partial charge in [0.25, 0.3) is 15.9 Å². The maximum absolute atomic E-state index is 13.1. The highest BCUT2D eigenvalue weighted by atomic mass is 32.2. The largest absolute Gasteiger partial charge is 0.497 e. The molecule has 7 heteroatoms. The van der Waals surface area contributed by atoms with Crippen LogP contribution in [0.1, 0.15) is 21.5 Å². The summed E-state index contributed by atoms with van der Waals surface area (Å²) >= 11 is 0. The summed E-state index contributed by atoms with van der Waals surface area (Å²) in [6.45, 7) is 2.43. The van der Waals surface area contributed by atoms with E-state index < -0.39 is 10.0 Å². The maximum atomic E-state index is 13.1. The summed E-state index contributed by atoms with van der Waals surface area (Å²) in [6, 6.07) is 20.7. The molecule has 0 aliphatic rings. The number of anilines is 1. The Labute approximate surface area is 183 Å². The second kappa shape index (κ2) is 9.22. The molecule has 0 saturated heterocycles. The van der Waals surface area contributed by atoms with Gasteiger partial charge in [0.15, 0.2) is 0 Å². The molecular formula is C24H26N2O4S. The Hall–Kier alpha value is -3.32. The lowest BCUT2D eigenvalue weighted by atomic mass is 10.1. The van der Waals surface area contributed by atoms with Crippen molar-refractivity contribution in [1.29, 1.82) is 0 Å². The first-order chi connectivity index (χ1) is 14.7. The third-order valence-electron chi connectivity index (χ3n) is 5.19. The molecule has 31 heavy (non-hydrogen) atoms. The summed E-state index contributed by atoms with van der Waals surface area (Å²) in [5, 5.41) is 0. The van der Waals surface area contributed by atoms with Gasteiger partial charge in [-0.25, -0.2) is 8.42 Å². The van der Waals surface area contributed by atoms with Gasteiger partial charge in [0.1, 0.15) is 5.75 Å². The third kappa shape index (κ3) is 4.88. The van der Waals surface area contributed by atoms with Gasteiger partial charge in [-0.1, -0.05) is 30.3 Å². The van der Waals surface area contributed by atoms with Gasteiger partial charge in [-0.3, -0.25) is 9.10 Å². The molecule has 3 aromatic carbocycles. The number of nitrogens with zero attached hydrogens (tertiary/aromatic N) is 2. The van der Waals surface area contributed by atoms with E-state index in [0.29, 0.717) is 23.5 Å². The highest BCUT2D eigenvalue weighted by Gasteiger charge is 2.23. The van der Waals surface area contributed by atoms with E-state index in [0.717, 1.165) is 11.1 Å². The molecule has 0 aliphatic heterocycles. The van der Waals surface area contributed by atoms with Crippen LogP contribution >= 0.6 is 0 Å². The molecule has 0 heterocycles. The highest BCUT2D eigenvalue weighted by Crippen LogP contribution is 2.25. The molecule has 0 bridgehead atoms. The van der Waals surface area contributed by atoms with Gasteiger partial charge in [0.2, 0.25) is 0 Å². The van der Waals surface area contributed by atoms with Crippen LogP contribution in [0.25, 0.3) is 0 Å². The second-order valence-corrected chi connectivity index (χ2v) is 9.26. The zero-order chi connectivity index (χ0) is 22.6. The Morgan fingerprint density at radius 1 is 0.935 bits per heavy atom. The average Bonchev–Trinajstić information content (AvgIpc) is 2.79. The van der Waals surface area contributed by atoms with E-state index in [9.17, 15) is 13.2 Å². The molecule has 6 nitrogen and oxygen atoms in total. The van der Waals surface area contributed by atoms with Gasteiger partial charge in [0.05, 0.1) is 17.7 Å². The molecule has 0 N–H and O–H groups in total. The molecule has 0 atom stereocenters. The van der Waals surface area contributed by atoms with E-state index >= 15 is 0 Å². The van der Waals surface area contributed by atoms with Crippen molar-refractivity contribution >= 4 is 21.6 Å². The van der Waals surface area contributed by atoms with Crippen molar-refractivity contribution in [3.8, 4) is 5.75 Å². The standard InChI is InChI=1S/C24H26N2O4S/c1-18-8-5-6-9-20(18)17-25(2)24(27)19-10-7-11-23(16-19)31(28,29)26(3)21-12-14-22(30-4)15-13-21/h5-16H,17H2,1-4H3.